The lowest BCUT2D eigenvalue weighted by atomic mass is 9.88. The molecule has 3 unspecified atom stereocenters. The van der Waals surface area contributed by atoms with E-state index in [9.17, 15) is 26.7 Å². The van der Waals surface area contributed by atoms with E-state index in [-0.39, 0.29) is 5.56 Å². The van der Waals surface area contributed by atoms with E-state index in [0.717, 1.165) is 19.2 Å². The predicted octanol–water partition coefficient (Wildman–Crippen LogP) is 5.05. The molecule has 0 N–H and O–H groups in total. The summed E-state index contributed by atoms with van der Waals surface area (Å²) in [7, 11) is 1.13. The molecule has 1 amide bonds. The molecule has 30 heavy (non-hydrogen) atoms. The van der Waals surface area contributed by atoms with Crippen molar-refractivity contribution >= 4 is 23.1 Å². The maximum Gasteiger partial charge on any atom is 0.283 e. The first-order valence-electron chi connectivity index (χ1n) is 9.17. The van der Waals surface area contributed by atoms with Crippen LogP contribution < -0.4 is 0 Å². The third-order valence-electron chi connectivity index (χ3n) is 5.99. The molecule has 1 saturated carbocycles. The standard InChI is InChI=1S/C20H17ClF5N3O/c1-8-13(9-4-5-10(22)11(23)6-9)16(21)20(2)7-12(20)29(8)19(30)14-15(17(24)25)27-28(3)18(14)26/h4-6,8,12,17H,7H2,1-3H3. The third-order valence-corrected chi connectivity index (χ3v) is 6.63. The van der Waals surface area contributed by atoms with Gasteiger partial charge < -0.3 is 4.90 Å². The second kappa shape index (κ2) is 6.80. The van der Waals surface area contributed by atoms with E-state index in [1.54, 1.807) is 13.8 Å². The van der Waals surface area contributed by atoms with Gasteiger partial charge in [-0.15, -0.1) is 0 Å². The normalized spacial score (nSPS) is 25.7. The number of hydrogen-bond donors (Lipinski definition) is 0. The van der Waals surface area contributed by atoms with Gasteiger partial charge in [-0.2, -0.15) is 9.49 Å². The summed E-state index contributed by atoms with van der Waals surface area (Å²) in [4.78, 5) is 14.5. The highest BCUT2D eigenvalue weighted by molar-refractivity contribution is 6.34. The highest BCUT2D eigenvalue weighted by atomic mass is 35.5. The van der Waals surface area contributed by atoms with Crippen molar-refractivity contribution in [3.05, 3.63) is 57.6 Å². The molecule has 160 valence electrons. The van der Waals surface area contributed by atoms with E-state index >= 15 is 0 Å². The van der Waals surface area contributed by atoms with Crippen molar-refractivity contribution in [2.75, 3.05) is 0 Å². The van der Waals surface area contributed by atoms with Gasteiger partial charge in [-0.1, -0.05) is 24.6 Å². The monoisotopic (exact) mass is 445 g/mol. The molecule has 4 nitrogen and oxygen atoms in total. The number of amides is 1. The molecule has 0 spiro atoms. The van der Waals surface area contributed by atoms with Gasteiger partial charge in [0, 0.05) is 23.5 Å². The van der Waals surface area contributed by atoms with Crippen molar-refractivity contribution in [3.63, 3.8) is 0 Å². The molecule has 1 aliphatic heterocycles. The number of aryl methyl sites for hydroxylation is 1. The van der Waals surface area contributed by atoms with Crippen LogP contribution in [0.1, 0.15) is 48.3 Å². The Morgan fingerprint density at radius 2 is 1.93 bits per heavy atom. The average Bonchev–Trinajstić information content (AvgIpc) is 3.26. The molecule has 2 heterocycles. The van der Waals surface area contributed by atoms with Gasteiger partial charge in [0.25, 0.3) is 12.3 Å². The number of halogens is 6. The Morgan fingerprint density at radius 1 is 1.27 bits per heavy atom. The minimum Gasteiger partial charge on any atom is -0.328 e. The SMILES string of the molecule is CC1C(c2ccc(F)c(F)c2)=C(Cl)C2(C)CC2N1C(=O)c1c(C(F)F)nn(C)c1F. The van der Waals surface area contributed by atoms with Crippen LogP contribution in [0.5, 0.6) is 0 Å². The first-order chi connectivity index (χ1) is 14.0. The van der Waals surface area contributed by atoms with Gasteiger partial charge in [-0.3, -0.25) is 4.79 Å². The molecule has 1 fully saturated rings. The molecule has 2 aliphatic rings. The minimum atomic E-state index is -3.14. The van der Waals surface area contributed by atoms with Crippen molar-refractivity contribution < 1.29 is 26.7 Å². The summed E-state index contributed by atoms with van der Waals surface area (Å²) in [5, 5.41) is 3.82. The topological polar surface area (TPSA) is 38.1 Å². The summed E-state index contributed by atoms with van der Waals surface area (Å²) in [5.74, 6) is -4.24. The fraction of sp³-hybridized carbons (Fsp3) is 0.400. The van der Waals surface area contributed by atoms with Crippen LogP contribution >= 0.6 is 11.6 Å². The van der Waals surface area contributed by atoms with Crippen LogP contribution in [0.15, 0.2) is 23.2 Å². The number of benzene rings is 1. The lowest BCUT2D eigenvalue weighted by Gasteiger charge is -2.38. The Morgan fingerprint density at radius 3 is 2.53 bits per heavy atom. The van der Waals surface area contributed by atoms with E-state index in [1.165, 1.54) is 11.0 Å². The molecule has 3 atom stereocenters. The van der Waals surface area contributed by atoms with E-state index in [0.29, 0.717) is 21.7 Å². The molecule has 10 heteroatoms. The zero-order valence-corrected chi connectivity index (χ0v) is 16.9. The van der Waals surface area contributed by atoms with E-state index in [1.807, 2.05) is 0 Å². The molecule has 0 saturated heterocycles. The summed E-state index contributed by atoms with van der Waals surface area (Å²) in [6, 6.07) is 2.01. The van der Waals surface area contributed by atoms with Crippen LogP contribution in [0.2, 0.25) is 0 Å². The van der Waals surface area contributed by atoms with Crippen LogP contribution in [0.25, 0.3) is 5.57 Å². The molecular weight excluding hydrogens is 429 g/mol. The van der Waals surface area contributed by atoms with Crippen molar-refractivity contribution in [3.8, 4) is 0 Å². The lowest BCUT2D eigenvalue weighted by molar-refractivity contribution is 0.0670. The lowest BCUT2D eigenvalue weighted by Crippen LogP contribution is -2.46. The number of hydrogen-bond acceptors (Lipinski definition) is 2. The first-order valence-corrected chi connectivity index (χ1v) is 9.55. The molecule has 1 aromatic carbocycles. The highest BCUT2D eigenvalue weighted by Crippen LogP contribution is 2.62. The molecule has 1 aromatic heterocycles. The van der Waals surface area contributed by atoms with Crippen LogP contribution in [-0.4, -0.2) is 32.7 Å². The third kappa shape index (κ3) is 2.85. The van der Waals surface area contributed by atoms with Gasteiger partial charge in [0.05, 0.1) is 6.04 Å². The number of carbonyl (C=O) groups excluding carboxylic acids is 1. The summed E-state index contributed by atoms with van der Waals surface area (Å²) in [6.45, 7) is 3.37. The fourth-order valence-electron chi connectivity index (χ4n) is 4.24. The van der Waals surface area contributed by atoms with Crippen LogP contribution in [0.3, 0.4) is 0 Å². The number of fused-ring (bicyclic) bond motifs is 1. The van der Waals surface area contributed by atoms with Crippen molar-refractivity contribution in [2.45, 2.75) is 38.8 Å². The zero-order valence-electron chi connectivity index (χ0n) is 16.2. The summed E-state index contributed by atoms with van der Waals surface area (Å²) < 4.78 is 69.2. The van der Waals surface area contributed by atoms with Crippen LogP contribution in [0.4, 0.5) is 22.0 Å². The quantitative estimate of drug-likeness (QED) is 0.620. The van der Waals surface area contributed by atoms with Gasteiger partial charge in [0.1, 0.15) is 11.3 Å². The number of alkyl halides is 2. The van der Waals surface area contributed by atoms with Crippen LogP contribution in [-0.2, 0) is 7.05 Å². The van der Waals surface area contributed by atoms with Crippen molar-refractivity contribution in [2.24, 2.45) is 12.5 Å². The second-order valence-electron chi connectivity index (χ2n) is 7.86. The van der Waals surface area contributed by atoms with Gasteiger partial charge in [0.2, 0.25) is 5.95 Å². The molecule has 1 aliphatic carbocycles. The first kappa shape index (κ1) is 20.8. The Labute approximate surface area is 173 Å². The van der Waals surface area contributed by atoms with Crippen molar-refractivity contribution in [1.82, 2.24) is 14.7 Å². The summed E-state index contributed by atoms with van der Waals surface area (Å²) in [5.41, 5.74) is -1.80. The Bertz CT molecular complexity index is 1100. The fourth-order valence-corrected chi connectivity index (χ4v) is 4.71. The minimum absolute atomic E-state index is 0.261. The summed E-state index contributed by atoms with van der Waals surface area (Å²) >= 11 is 6.59. The Hall–Kier alpha value is -2.42. The maximum atomic E-state index is 14.5. The number of rotatable bonds is 3. The number of carbonyl (C=O) groups is 1. The van der Waals surface area contributed by atoms with E-state index in [4.69, 9.17) is 11.6 Å². The van der Waals surface area contributed by atoms with Gasteiger partial charge in [0.15, 0.2) is 11.6 Å². The maximum absolute atomic E-state index is 14.5. The Balaban J connectivity index is 1.82. The predicted molar refractivity (Wildman–Crippen MR) is 99.4 cm³/mol. The van der Waals surface area contributed by atoms with Crippen LogP contribution in [0, 0.1) is 23.0 Å². The number of aromatic nitrogens is 2. The molecule has 2 aromatic rings. The van der Waals surface area contributed by atoms with E-state index < -0.39 is 58.7 Å². The zero-order chi connectivity index (χ0) is 22.1. The molecule has 0 bridgehead atoms. The molecule has 0 radical (unpaired) electrons. The van der Waals surface area contributed by atoms with E-state index in [2.05, 4.69) is 5.10 Å². The molecular formula is C20H17ClF5N3O. The largest absolute Gasteiger partial charge is 0.328 e. The number of nitrogens with zero attached hydrogens (tertiary/aromatic N) is 3. The Kier molecular flexibility index (Phi) is 4.72. The average molecular weight is 446 g/mol. The molecule has 4 rings (SSSR count). The van der Waals surface area contributed by atoms with Crippen molar-refractivity contribution in [1.29, 1.82) is 0 Å². The smallest absolute Gasteiger partial charge is 0.283 e. The summed E-state index contributed by atoms with van der Waals surface area (Å²) in [6.07, 6.45) is -2.71. The highest BCUT2D eigenvalue weighted by Gasteiger charge is 2.62. The van der Waals surface area contributed by atoms with Gasteiger partial charge in [-0.05, 0) is 36.6 Å². The second-order valence-corrected chi connectivity index (χ2v) is 8.24. The van der Waals surface area contributed by atoms with Gasteiger partial charge in [-0.25, -0.2) is 22.2 Å². The van der Waals surface area contributed by atoms with Gasteiger partial charge >= 0.3 is 0 Å².